The first-order valence-corrected chi connectivity index (χ1v) is 9.99. The number of nitrogens with zero attached hydrogens (tertiary/aromatic N) is 1. The number of carbonyl (C=O) groups excluding carboxylic acids is 2. The van der Waals surface area contributed by atoms with Gasteiger partial charge in [0.1, 0.15) is 11.4 Å². The number of carbonyl (C=O) groups is 2. The summed E-state index contributed by atoms with van der Waals surface area (Å²) >= 11 is 0. The number of hydrogen-bond donors (Lipinski definition) is 2. The SMILES string of the molecule is COc1ccccc1CNC(=O)c1cc(C(=O)NCCC2=CCCCC2)ccn1. The summed E-state index contributed by atoms with van der Waals surface area (Å²) < 4.78 is 5.29. The highest BCUT2D eigenvalue weighted by Crippen LogP contribution is 2.19. The zero-order valence-electron chi connectivity index (χ0n) is 16.7. The number of hydrogen-bond acceptors (Lipinski definition) is 4. The molecule has 0 saturated heterocycles. The number of benzene rings is 1. The first kappa shape index (κ1) is 20.6. The fourth-order valence-electron chi connectivity index (χ4n) is 3.38. The average Bonchev–Trinajstić information content (AvgIpc) is 2.78. The minimum absolute atomic E-state index is 0.192. The zero-order valence-corrected chi connectivity index (χ0v) is 16.7. The molecule has 0 unspecified atom stereocenters. The molecular weight excluding hydrogens is 366 g/mol. The number of ether oxygens (including phenoxy) is 1. The summed E-state index contributed by atoms with van der Waals surface area (Å²) in [6.07, 6.45) is 9.40. The van der Waals surface area contributed by atoms with Gasteiger partial charge in [-0.25, -0.2) is 0 Å². The van der Waals surface area contributed by atoms with Crippen LogP contribution in [0.2, 0.25) is 0 Å². The van der Waals surface area contributed by atoms with Gasteiger partial charge < -0.3 is 15.4 Å². The summed E-state index contributed by atoms with van der Waals surface area (Å²) in [5.41, 5.74) is 2.93. The number of allylic oxidation sites excluding steroid dienone is 1. The van der Waals surface area contributed by atoms with Crippen molar-refractivity contribution in [2.45, 2.75) is 38.6 Å². The van der Waals surface area contributed by atoms with Crippen molar-refractivity contribution in [3.8, 4) is 5.75 Å². The van der Waals surface area contributed by atoms with E-state index in [1.807, 2.05) is 24.3 Å². The third kappa shape index (κ3) is 5.91. The molecule has 0 bridgehead atoms. The van der Waals surface area contributed by atoms with Crippen molar-refractivity contribution < 1.29 is 14.3 Å². The summed E-state index contributed by atoms with van der Waals surface area (Å²) in [5, 5.41) is 5.75. The predicted molar refractivity (Wildman–Crippen MR) is 112 cm³/mol. The maximum atomic E-state index is 12.5. The average molecular weight is 393 g/mol. The van der Waals surface area contributed by atoms with E-state index in [2.05, 4.69) is 21.7 Å². The van der Waals surface area contributed by atoms with Crippen molar-refractivity contribution in [1.82, 2.24) is 15.6 Å². The topological polar surface area (TPSA) is 80.3 Å². The molecule has 1 aromatic carbocycles. The third-order valence-corrected chi connectivity index (χ3v) is 5.00. The van der Waals surface area contributed by atoms with E-state index in [1.165, 1.54) is 30.7 Å². The van der Waals surface area contributed by atoms with Gasteiger partial charge in [0.15, 0.2) is 0 Å². The number of para-hydroxylation sites is 1. The highest BCUT2D eigenvalue weighted by molar-refractivity contribution is 5.98. The minimum Gasteiger partial charge on any atom is -0.496 e. The van der Waals surface area contributed by atoms with Gasteiger partial charge in [-0.1, -0.05) is 29.8 Å². The van der Waals surface area contributed by atoms with Gasteiger partial charge in [-0.05, 0) is 50.3 Å². The molecule has 2 N–H and O–H groups in total. The van der Waals surface area contributed by atoms with Crippen molar-refractivity contribution in [3.05, 3.63) is 71.1 Å². The van der Waals surface area contributed by atoms with Crippen LogP contribution in [0, 0.1) is 0 Å². The fourth-order valence-corrected chi connectivity index (χ4v) is 3.38. The van der Waals surface area contributed by atoms with Gasteiger partial charge in [-0.15, -0.1) is 0 Å². The van der Waals surface area contributed by atoms with Crippen LogP contribution in [0.15, 0.2) is 54.2 Å². The normalized spacial score (nSPS) is 13.3. The van der Waals surface area contributed by atoms with Crippen LogP contribution >= 0.6 is 0 Å². The van der Waals surface area contributed by atoms with Crippen molar-refractivity contribution in [2.75, 3.05) is 13.7 Å². The lowest BCUT2D eigenvalue weighted by Crippen LogP contribution is -2.27. The van der Waals surface area contributed by atoms with E-state index < -0.39 is 0 Å². The Bertz CT molecular complexity index is 892. The van der Waals surface area contributed by atoms with Gasteiger partial charge in [-0.2, -0.15) is 0 Å². The maximum absolute atomic E-state index is 12.5. The summed E-state index contributed by atoms with van der Waals surface area (Å²) in [7, 11) is 1.59. The standard InChI is InChI=1S/C23H27N3O3/c1-29-21-10-6-5-9-19(21)16-26-23(28)20-15-18(12-14-24-20)22(27)25-13-11-17-7-3-2-4-8-17/h5-7,9-10,12,14-15H,2-4,8,11,13,16H2,1H3,(H,25,27)(H,26,28). The molecule has 0 spiro atoms. The lowest BCUT2D eigenvalue weighted by Gasteiger charge is -2.13. The highest BCUT2D eigenvalue weighted by atomic mass is 16.5. The number of nitrogens with one attached hydrogen (secondary N) is 2. The summed E-state index contributed by atoms with van der Waals surface area (Å²) in [5.74, 6) is 0.183. The van der Waals surface area contributed by atoms with E-state index in [0.29, 0.717) is 24.4 Å². The monoisotopic (exact) mass is 393 g/mol. The largest absolute Gasteiger partial charge is 0.496 e. The Morgan fingerprint density at radius 3 is 2.76 bits per heavy atom. The summed E-state index contributed by atoms with van der Waals surface area (Å²) in [6.45, 7) is 0.915. The highest BCUT2D eigenvalue weighted by Gasteiger charge is 2.13. The van der Waals surface area contributed by atoms with Gasteiger partial charge in [-0.3, -0.25) is 14.6 Å². The second kappa shape index (κ2) is 10.4. The lowest BCUT2D eigenvalue weighted by molar-refractivity contribution is 0.0945. The van der Waals surface area contributed by atoms with Crippen LogP contribution in [0.4, 0.5) is 0 Å². The van der Waals surface area contributed by atoms with Crippen LogP contribution in [0.25, 0.3) is 0 Å². The molecule has 1 aromatic heterocycles. The Morgan fingerprint density at radius 2 is 1.97 bits per heavy atom. The Morgan fingerprint density at radius 1 is 1.10 bits per heavy atom. The molecular formula is C23H27N3O3. The molecule has 0 aliphatic heterocycles. The Balaban J connectivity index is 1.54. The number of methoxy groups -OCH3 is 1. The molecule has 6 nitrogen and oxygen atoms in total. The fraction of sp³-hybridized carbons (Fsp3) is 0.348. The molecule has 2 aromatic rings. The molecule has 6 heteroatoms. The van der Waals surface area contributed by atoms with E-state index in [4.69, 9.17) is 4.74 Å². The molecule has 0 saturated carbocycles. The molecule has 1 aliphatic rings. The van der Waals surface area contributed by atoms with E-state index in [9.17, 15) is 9.59 Å². The van der Waals surface area contributed by atoms with Crippen LogP contribution < -0.4 is 15.4 Å². The quantitative estimate of drug-likeness (QED) is 0.671. The first-order chi connectivity index (χ1) is 14.2. The summed E-state index contributed by atoms with van der Waals surface area (Å²) in [4.78, 5) is 29.0. The summed E-state index contributed by atoms with van der Waals surface area (Å²) in [6, 6.07) is 10.6. The smallest absolute Gasteiger partial charge is 0.270 e. The van der Waals surface area contributed by atoms with Gasteiger partial charge >= 0.3 is 0 Å². The number of pyridine rings is 1. The molecule has 0 atom stereocenters. The second-order valence-corrected chi connectivity index (χ2v) is 7.04. The van der Waals surface area contributed by atoms with Gasteiger partial charge in [0.05, 0.1) is 7.11 Å². The zero-order chi connectivity index (χ0) is 20.5. The number of amides is 2. The van der Waals surface area contributed by atoms with E-state index in [0.717, 1.165) is 24.8 Å². The predicted octanol–water partition coefficient (Wildman–Crippen LogP) is 3.64. The minimum atomic E-state index is -0.335. The molecule has 29 heavy (non-hydrogen) atoms. The number of aromatic nitrogens is 1. The molecule has 0 fully saturated rings. The van der Waals surface area contributed by atoms with Crippen LogP contribution in [0.1, 0.15) is 58.5 Å². The van der Waals surface area contributed by atoms with Crippen molar-refractivity contribution in [1.29, 1.82) is 0 Å². The molecule has 0 radical (unpaired) electrons. The van der Waals surface area contributed by atoms with Gasteiger partial charge in [0.2, 0.25) is 0 Å². The van der Waals surface area contributed by atoms with E-state index in [1.54, 1.807) is 13.2 Å². The molecule has 152 valence electrons. The van der Waals surface area contributed by atoms with Crippen molar-refractivity contribution >= 4 is 11.8 Å². The van der Waals surface area contributed by atoms with E-state index in [-0.39, 0.29) is 17.5 Å². The second-order valence-electron chi connectivity index (χ2n) is 7.04. The molecule has 1 aliphatic carbocycles. The Labute approximate surface area is 171 Å². The van der Waals surface area contributed by atoms with Crippen LogP contribution in [-0.4, -0.2) is 30.5 Å². The first-order valence-electron chi connectivity index (χ1n) is 9.99. The van der Waals surface area contributed by atoms with Crippen molar-refractivity contribution in [3.63, 3.8) is 0 Å². The molecule has 2 amide bonds. The molecule has 1 heterocycles. The van der Waals surface area contributed by atoms with Crippen LogP contribution in [-0.2, 0) is 6.54 Å². The lowest BCUT2D eigenvalue weighted by atomic mass is 9.97. The van der Waals surface area contributed by atoms with Crippen LogP contribution in [0.3, 0.4) is 0 Å². The van der Waals surface area contributed by atoms with E-state index >= 15 is 0 Å². The van der Waals surface area contributed by atoms with Gasteiger partial charge in [0.25, 0.3) is 11.8 Å². The van der Waals surface area contributed by atoms with Gasteiger partial charge in [0, 0.05) is 30.4 Å². The number of rotatable bonds is 8. The van der Waals surface area contributed by atoms with Crippen LogP contribution in [0.5, 0.6) is 5.75 Å². The Hall–Kier alpha value is -3.15. The third-order valence-electron chi connectivity index (χ3n) is 5.00. The maximum Gasteiger partial charge on any atom is 0.270 e. The van der Waals surface area contributed by atoms with Crippen molar-refractivity contribution in [2.24, 2.45) is 0 Å². The molecule has 3 rings (SSSR count). The Kier molecular flexibility index (Phi) is 7.39.